The Balaban J connectivity index is 2.03. The van der Waals surface area contributed by atoms with Crippen LogP contribution in [0.15, 0.2) is 23.1 Å². The number of pyridine rings is 1. The highest BCUT2D eigenvalue weighted by Crippen LogP contribution is 2.36. The number of hydrogen-bond donors (Lipinski definition) is 1. The second kappa shape index (κ2) is 5.48. The summed E-state index contributed by atoms with van der Waals surface area (Å²) in [6, 6.07) is 5.55. The molecule has 1 aliphatic heterocycles. The predicted octanol–water partition coefficient (Wildman–Crippen LogP) is 2.26. The Labute approximate surface area is 130 Å². The van der Waals surface area contributed by atoms with Crippen LogP contribution in [0.2, 0.25) is 0 Å². The molecule has 1 aliphatic rings. The summed E-state index contributed by atoms with van der Waals surface area (Å²) in [5.41, 5.74) is 2.82. The van der Waals surface area contributed by atoms with E-state index in [1.807, 2.05) is 25.1 Å². The van der Waals surface area contributed by atoms with Crippen LogP contribution in [-0.2, 0) is 10.0 Å². The van der Waals surface area contributed by atoms with E-state index in [1.54, 1.807) is 18.2 Å². The average molecular weight is 320 g/mol. The van der Waals surface area contributed by atoms with Gasteiger partial charge in [-0.05, 0) is 45.7 Å². The first-order valence-corrected chi connectivity index (χ1v) is 8.82. The van der Waals surface area contributed by atoms with Crippen molar-refractivity contribution in [2.24, 2.45) is 0 Å². The number of aryl methyl sites for hydroxylation is 3. The van der Waals surface area contributed by atoms with E-state index >= 15 is 0 Å². The van der Waals surface area contributed by atoms with Crippen LogP contribution in [0.25, 0.3) is 0 Å². The Kier molecular flexibility index (Phi) is 3.78. The third-order valence-corrected chi connectivity index (χ3v) is 6.25. The normalized spacial score (nSPS) is 19.7. The number of nitrogens with one attached hydrogen (secondary N) is 1. The van der Waals surface area contributed by atoms with Crippen LogP contribution in [0.5, 0.6) is 0 Å². The second-order valence-electron chi connectivity index (χ2n) is 5.74. The molecule has 1 atom stereocenters. The van der Waals surface area contributed by atoms with Gasteiger partial charge in [-0.3, -0.25) is 10.1 Å². The minimum atomic E-state index is -3.57. The highest BCUT2D eigenvalue weighted by atomic mass is 32.2. The molecule has 118 valence electrons. The van der Waals surface area contributed by atoms with E-state index in [4.69, 9.17) is 0 Å². The molecule has 0 spiro atoms. The molecular formula is C15H20N4O2S. The van der Waals surface area contributed by atoms with Gasteiger partial charge in [0, 0.05) is 12.2 Å². The topological polar surface area (TPSA) is 79.0 Å². The number of H-pyrrole nitrogens is 1. The van der Waals surface area contributed by atoms with Crippen molar-refractivity contribution in [1.29, 1.82) is 0 Å². The van der Waals surface area contributed by atoms with Crippen molar-refractivity contribution in [3.8, 4) is 0 Å². The molecule has 0 aliphatic carbocycles. The summed E-state index contributed by atoms with van der Waals surface area (Å²) in [5.74, 6) is 0. The van der Waals surface area contributed by atoms with Crippen LogP contribution >= 0.6 is 0 Å². The van der Waals surface area contributed by atoms with Gasteiger partial charge in [0.05, 0.1) is 23.1 Å². The minimum Gasteiger partial charge on any atom is -0.281 e. The smallest absolute Gasteiger partial charge is 0.247 e. The van der Waals surface area contributed by atoms with Gasteiger partial charge in [-0.25, -0.2) is 8.42 Å². The number of aromatic amines is 1. The number of aromatic nitrogens is 3. The standard InChI is InChI=1S/C15H20N4O2S/c1-10-6-4-7-13(16-10)14-8-5-9-19(14)22(20,21)15-11(2)17-18-12(15)3/h4,6-7,14H,5,8-9H2,1-3H3,(H,17,18)/t14-/m0/s1. The minimum absolute atomic E-state index is 0.196. The Morgan fingerprint density at radius 1 is 1.27 bits per heavy atom. The van der Waals surface area contributed by atoms with Gasteiger partial charge < -0.3 is 0 Å². The molecule has 0 unspecified atom stereocenters. The summed E-state index contributed by atoms with van der Waals surface area (Å²) >= 11 is 0. The molecule has 7 heteroatoms. The van der Waals surface area contributed by atoms with E-state index in [9.17, 15) is 8.42 Å². The zero-order valence-electron chi connectivity index (χ0n) is 13.0. The molecule has 6 nitrogen and oxygen atoms in total. The van der Waals surface area contributed by atoms with Gasteiger partial charge >= 0.3 is 0 Å². The van der Waals surface area contributed by atoms with Crippen molar-refractivity contribution in [1.82, 2.24) is 19.5 Å². The van der Waals surface area contributed by atoms with Crippen LogP contribution in [0, 0.1) is 20.8 Å². The van der Waals surface area contributed by atoms with Crippen molar-refractivity contribution in [3.05, 3.63) is 41.0 Å². The Bertz CT molecular complexity index is 778. The quantitative estimate of drug-likeness (QED) is 0.941. The van der Waals surface area contributed by atoms with E-state index in [0.29, 0.717) is 22.8 Å². The van der Waals surface area contributed by atoms with E-state index in [2.05, 4.69) is 15.2 Å². The number of sulfonamides is 1. The molecule has 3 heterocycles. The van der Waals surface area contributed by atoms with E-state index in [-0.39, 0.29) is 6.04 Å². The van der Waals surface area contributed by atoms with Crippen molar-refractivity contribution in [3.63, 3.8) is 0 Å². The monoisotopic (exact) mass is 320 g/mol. The summed E-state index contributed by atoms with van der Waals surface area (Å²) in [6.45, 7) is 5.89. The molecule has 0 saturated carbocycles. The molecule has 2 aromatic heterocycles. The summed E-state index contributed by atoms with van der Waals surface area (Å²) < 4.78 is 27.7. The zero-order valence-corrected chi connectivity index (χ0v) is 13.8. The first kappa shape index (κ1) is 15.2. The number of rotatable bonds is 3. The fourth-order valence-electron chi connectivity index (χ4n) is 3.11. The largest absolute Gasteiger partial charge is 0.281 e. The van der Waals surface area contributed by atoms with Gasteiger partial charge in [0.25, 0.3) is 0 Å². The maximum atomic E-state index is 13.0. The van der Waals surface area contributed by atoms with Crippen LogP contribution < -0.4 is 0 Å². The molecule has 0 aromatic carbocycles. The SMILES string of the molecule is Cc1cccc([C@@H]2CCCN2S(=O)(=O)c2c(C)n[nH]c2C)n1. The first-order chi connectivity index (χ1) is 10.4. The van der Waals surface area contributed by atoms with Gasteiger partial charge in [-0.15, -0.1) is 0 Å². The second-order valence-corrected chi connectivity index (χ2v) is 7.57. The summed E-state index contributed by atoms with van der Waals surface area (Å²) in [6.07, 6.45) is 1.64. The summed E-state index contributed by atoms with van der Waals surface area (Å²) in [4.78, 5) is 4.81. The van der Waals surface area contributed by atoms with Gasteiger partial charge in [0.1, 0.15) is 4.90 Å². The number of nitrogens with zero attached hydrogens (tertiary/aromatic N) is 3. The average Bonchev–Trinajstić information content (AvgIpc) is 3.06. The third-order valence-electron chi connectivity index (χ3n) is 4.08. The zero-order chi connectivity index (χ0) is 15.9. The van der Waals surface area contributed by atoms with E-state index < -0.39 is 10.0 Å². The summed E-state index contributed by atoms with van der Waals surface area (Å²) in [5, 5.41) is 6.78. The molecule has 3 rings (SSSR count). The molecule has 0 amide bonds. The Morgan fingerprint density at radius 2 is 2.05 bits per heavy atom. The maximum Gasteiger partial charge on any atom is 0.247 e. The van der Waals surface area contributed by atoms with Crippen LogP contribution in [0.4, 0.5) is 0 Å². The molecule has 0 bridgehead atoms. The highest BCUT2D eigenvalue weighted by Gasteiger charge is 2.39. The molecule has 0 radical (unpaired) electrons. The van der Waals surface area contributed by atoms with Gasteiger partial charge in [-0.1, -0.05) is 6.07 Å². The Morgan fingerprint density at radius 3 is 2.68 bits per heavy atom. The van der Waals surface area contributed by atoms with E-state index in [0.717, 1.165) is 24.2 Å². The van der Waals surface area contributed by atoms with Crippen molar-refractivity contribution < 1.29 is 8.42 Å². The molecule has 1 fully saturated rings. The van der Waals surface area contributed by atoms with Gasteiger partial charge in [-0.2, -0.15) is 9.40 Å². The van der Waals surface area contributed by atoms with Crippen molar-refractivity contribution in [2.45, 2.75) is 44.6 Å². The highest BCUT2D eigenvalue weighted by molar-refractivity contribution is 7.89. The lowest BCUT2D eigenvalue weighted by Crippen LogP contribution is -2.31. The maximum absolute atomic E-state index is 13.0. The molecular weight excluding hydrogens is 300 g/mol. The van der Waals surface area contributed by atoms with Crippen LogP contribution in [0.3, 0.4) is 0 Å². The predicted molar refractivity (Wildman–Crippen MR) is 82.9 cm³/mol. The molecule has 1 N–H and O–H groups in total. The third kappa shape index (κ3) is 2.44. The lowest BCUT2D eigenvalue weighted by atomic mass is 10.1. The van der Waals surface area contributed by atoms with Crippen LogP contribution in [-0.4, -0.2) is 34.4 Å². The van der Waals surface area contributed by atoms with Gasteiger partial charge in [0.15, 0.2) is 0 Å². The fraction of sp³-hybridized carbons (Fsp3) is 0.467. The fourth-order valence-corrected chi connectivity index (χ4v) is 5.12. The Hall–Kier alpha value is -1.73. The van der Waals surface area contributed by atoms with Crippen LogP contribution in [0.1, 0.15) is 41.7 Å². The number of hydrogen-bond acceptors (Lipinski definition) is 4. The lowest BCUT2D eigenvalue weighted by molar-refractivity contribution is 0.389. The molecule has 2 aromatic rings. The van der Waals surface area contributed by atoms with Crippen molar-refractivity contribution >= 4 is 10.0 Å². The van der Waals surface area contributed by atoms with E-state index in [1.165, 1.54) is 0 Å². The first-order valence-electron chi connectivity index (χ1n) is 7.38. The van der Waals surface area contributed by atoms with Gasteiger partial charge in [0.2, 0.25) is 10.0 Å². The summed E-state index contributed by atoms with van der Waals surface area (Å²) in [7, 11) is -3.57. The lowest BCUT2D eigenvalue weighted by Gasteiger charge is -2.24. The molecule has 1 saturated heterocycles. The van der Waals surface area contributed by atoms with Crippen molar-refractivity contribution in [2.75, 3.05) is 6.54 Å². The molecule has 22 heavy (non-hydrogen) atoms.